The van der Waals surface area contributed by atoms with E-state index in [2.05, 4.69) is 21.8 Å². The molecule has 1 heterocycles. The van der Waals surface area contributed by atoms with Crippen LogP contribution in [0.3, 0.4) is 0 Å². The Morgan fingerprint density at radius 2 is 2.00 bits per heavy atom. The molecule has 1 aromatic carbocycles. The number of hydrogen-bond donors (Lipinski definition) is 0. The summed E-state index contributed by atoms with van der Waals surface area (Å²) in [4.78, 5) is 8.40. The van der Waals surface area contributed by atoms with Crippen molar-refractivity contribution in [3.05, 3.63) is 54.0 Å². The van der Waals surface area contributed by atoms with Crippen LogP contribution in [-0.4, -0.2) is 23.2 Å². The predicted octanol–water partition coefficient (Wildman–Crippen LogP) is 3.00. The molecule has 0 aliphatic carbocycles. The first kappa shape index (κ1) is 15.0. The lowest BCUT2D eigenvalue weighted by Crippen LogP contribution is -2.09. The van der Waals surface area contributed by atoms with Crippen LogP contribution in [0.15, 0.2) is 42.7 Å². The Hall–Kier alpha value is -2.38. The van der Waals surface area contributed by atoms with Crippen molar-refractivity contribution >= 4 is 0 Å². The molecule has 2 rings (SSSR count). The molecule has 0 radical (unpaired) electrons. The maximum absolute atomic E-state index is 5.82. The summed E-state index contributed by atoms with van der Waals surface area (Å²) < 4.78 is 11.3. The zero-order chi connectivity index (χ0) is 14.9. The topological polar surface area (TPSA) is 44.2 Å². The lowest BCUT2D eigenvalue weighted by atomic mass is 10.1. The third kappa shape index (κ3) is 4.30. The van der Waals surface area contributed by atoms with E-state index in [0.29, 0.717) is 19.1 Å². The van der Waals surface area contributed by atoms with Crippen LogP contribution < -0.4 is 4.74 Å². The SMILES string of the molecule is CC#CCOc1cc(C(OCC)c2ccccc2)ncn1. The normalized spacial score (nSPS) is 11.3. The molecular formula is C17H18N2O2. The fourth-order valence-electron chi connectivity index (χ4n) is 1.90. The smallest absolute Gasteiger partial charge is 0.217 e. The van der Waals surface area contributed by atoms with Crippen molar-refractivity contribution in [3.63, 3.8) is 0 Å². The van der Waals surface area contributed by atoms with Crippen molar-refractivity contribution in [2.45, 2.75) is 20.0 Å². The van der Waals surface area contributed by atoms with Gasteiger partial charge in [-0.3, -0.25) is 0 Å². The molecule has 21 heavy (non-hydrogen) atoms. The van der Waals surface area contributed by atoms with E-state index in [0.717, 1.165) is 11.3 Å². The van der Waals surface area contributed by atoms with Crippen LogP contribution in [0.5, 0.6) is 5.88 Å². The maximum Gasteiger partial charge on any atom is 0.217 e. The van der Waals surface area contributed by atoms with E-state index in [1.165, 1.54) is 6.33 Å². The van der Waals surface area contributed by atoms with Gasteiger partial charge < -0.3 is 9.47 Å². The summed E-state index contributed by atoms with van der Waals surface area (Å²) in [5, 5.41) is 0. The first-order valence-electron chi connectivity index (χ1n) is 6.86. The van der Waals surface area contributed by atoms with Crippen molar-refractivity contribution in [1.29, 1.82) is 0 Å². The molecular weight excluding hydrogens is 264 g/mol. The molecule has 0 amide bonds. The number of aromatic nitrogens is 2. The lowest BCUT2D eigenvalue weighted by molar-refractivity contribution is 0.0880. The molecule has 108 valence electrons. The molecule has 1 unspecified atom stereocenters. The zero-order valence-electron chi connectivity index (χ0n) is 12.2. The van der Waals surface area contributed by atoms with Gasteiger partial charge in [-0.2, -0.15) is 0 Å². The fraction of sp³-hybridized carbons (Fsp3) is 0.294. The molecule has 0 saturated carbocycles. The zero-order valence-corrected chi connectivity index (χ0v) is 12.2. The molecule has 1 atom stereocenters. The quantitative estimate of drug-likeness (QED) is 0.764. The van der Waals surface area contributed by atoms with Crippen molar-refractivity contribution in [1.82, 2.24) is 9.97 Å². The highest BCUT2D eigenvalue weighted by atomic mass is 16.5. The van der Waals surface area contributed by atoms with E-state index >= 15 is 0 Å². The fourth-order valence-corrected chi connectivity index (χ4v) is 1.90. The van der Waals surface area contributed by atoms with Gasteiger partial charge in [0.1, 0.15) is 12.4 Å². The predicted molar refractivity (Wildman–Crippen MR) is 80.9 cm³/mol. The van der Waals surface area contributed by atoms with E-state index in [9.17, 15) is 0 Å². The third-order valence-corrected chi connectivity index (χ3v) is 2.84. The summed E-state index contributed by atoms with van der Waals surface area (Å²) in [6.07, 6.45) is 1.26. The van der Waals surface area contributed by atoms with Gasteiger partial charge in [0.05, 0.1) is 5.69 Å². The molecule has 4 nitrogen and oxygen atoms in total. The average Bonchev–Trinajstić information content (AvgIpc) is 2.54. The molecule has 0 aliphatic rings. The Labute approximate surface area is 125 Å². The standard InChI is InChI=1S/C17H18N2O2/c1-3-5-11-21-16-12-15(18-13-19-16)17(20-4-2)14-9-7-6-8-10-14/h6-10,12-13,17H,4,11H2,1-2H3. The highest BCUT2D eigenvalue weighted by molar-refractivity contribution is 5.28. The first-order valence-corrected chi connectivity index (χ1v) is 6.86. The highest BCUT2D eigenvalue weighted by Gasteiger charge is 2.16. The number of nitrogens with zero attached hydrogens (tertiary/aromatic N) is 2. The average molecular weight is 282 g/mol. The van der Waals surface area contributed by atoms with Gasteiger partial charge in [-0.05, 0) is 19.4 Å². The van der Waals surface area contributed by atoms with Crippen molar-refractivity contribution in [2.24, 2.45) is 0 Å². The Morgan fingerprint density at radius 3 is 2.71 bits per heavy atom. The van der Waals surface area contributed by atoms with Gasteiger partial charge in [-0.1, -0.05) is 36.3 Å². The molecule has 1 aromatic heterocycles. The van der Waals surface area contributed by atoms with Crippen LogP contribution in [0.1, 0.15) is 31.2 Å². The Morgan fingerprint density at radius 1 is 1.19 bits per heavy atom. The van der Waals surface area contributed by atoms with Crippen LogP contribution in [0, 0.1) is 11.8 Å². The number of rotatable bonds is 6. The summed E-state index contributed by atoms with van der Waals surface area (Å²) in [5.41, 5.74) is 1.83. The summed E-state index contributed by atoms with van der Waals surface area (Å²) in [6, 6.07) is 11.8. The van der Waals surface area contributed by atoms with Gasteiger partial charge in [0.15, 0.2) is 6.61 Å². The van der Waals surface area contributed by atoms with E-state index in [1.54, 1.807) is 13.0 Å². The van der Waals surface area contributed by atoms with Crippen LogP contribution in [-0.2, 0) is 4.74 Å². The van der Waals surface area contributed by atoms with Gasteiger partial charge >= 0.3 is 0 Å². The highest BCUT2D eigenvalue weighted by Crippen LogP contribution is 2.25. The van der Waals surface area contributed by atoms with Gasteiger partial charge in [-0.15, -0.1) is 5.92 Å². The minimum atomic E-state index is -0.223. The molecule has 4 heteroatoms. The van der Waals surface area contributed by atoms with Gasteiger partial charge in [-0.25, -0.2) is 9.97 Å². The molecule has 0 spiro atoms. The second-order valence-corrected chi connectivity index (χ2v) is 4.24. The van der Waals surface area contributed by atoms with Crippen LogP contribution in [0.2, 0.25) is 0 Å². The molecule has 0 bridgehead atoms. The number of benzene rings is 1. The third-order valence-electron chi connectivity index (χ3n) is 2.84. The monoisotopic (exact) mass is 282 g/mol. The molecule has 0 fully saturated rings. The summed E-state index contributed by atoms with van der Waals surface area (Å²) >= 11 is 0. The van der Waals surface area contributed by atoms with E-state index in [-0.39, 0.29) is 6.10 Å². The van der Waals surface area contributed by atoms with Gasteiger partial charge in [0, 0.05) is 12.7 Å². The van der Waals surface area contributed by atoms with E-state index in [1.807, 2.05) is 37.3 Å². The summed E-state index contributed by atoms with van der Waals surface area (Å²) in [7, 11) is 0. The van der Waals surface area contributed by atoms with E-state index < -0.39 is 0 Å². The maximum atomic E-state index is 5.82. The van der Waals surface area contributed by atoms with Crippen molar-refractivity contribution in [2.75, 3.05) is 13.2 Å². The van der Waals surface area contributed by atoms with Crippen LogP contribution in [0.4, 0.5) is 0 Å². The minimum Gasteiger partial charge on any atom is -0.464 e. The second kappa shape index (κ2) is 8.03. The van der Waals surface area contributed by atoms with Gasteiger partial charge in [0.2, 0.25) is 5.88 Å². The molecule has 0 aliphatic heterocycles. The van der Waals surface area contributed by atoms with Crippen molar-refractivity contribution in [3.8, 4) is 17.7 Å². The Balaban J connectivity index is 2.23. The van der Waals surface area contributed by atoms with Gasteiger partial charge in [0.25, 0.3) is 0 Å². The summed E-state index contributed by atoms with van der Waals surface area (Å²) in [6.45, 7) is 4.65. The van der Waals surface area contributed by atoms with Crippen LogP contribution in [0.25, 0.3) is 0 Å². The lowest BCUT2D eigenvalue weighted by Gasteiger charge is -2.17. The number of ether oxygens (including phenoxy) is 2. The summed E-state index contributed by atoms with van der Waals surface area (Å²) in [5.74, 6) is 6.12. The van der Waals surface area contributed by atoms with Crippen molar-refractivity contribution < 1.29 is 9.47 Å². The minimum absolute atomic E-state index is 0.223. The molecule has 2 aromatic rings. The Bertz CT molecular complexity index is 617. The van der Waals surface area contributed by atoms with Crippen LogP contribution >= 0.6 is 0 Å². The largest absolute Gasteiger partial charge is 0.464 e. The first-order chi connectivity index (χ1) is 10.3. The number of hydrogen-bond acceptors (Lipinski definition) is 4. The molecule has 0 N–H and O–H groups in total. The Kier molecular flexibility index (Phi) is 5.74. The molecule has 0 saturated heterocycles. The second-order valence-electron chi connectivity index (χ2n) is 4.24. The van der Waals surface area contributed by atoms with E-state index in [4.69, 9.17) is 9.47 Å².